The van der Waals surface area contributed by atoms with Crippen LogP contribution in [0, 0.1) is 11.5 Å². The van der Waals surface area contributed by atoms with Crippen LogP contribution in [-0.2, 0) is 32.6 Å². The first-order valence-electron chi connectivity index (χ1n) is 8.79. The molecule has 0 atom stereocenters. The molecule has 0 unspecified atom stereocenters. The van der Waals surface area contributed by atoms with Crippen molar-refractivity contribution >= 4 is 10.8 Å². The van der Waals surface area contributed by atoms with E-state index < -0.39 is 0 Å². The smallest absolute Gasteiger partial charge is 1.00 e. The van der Waals surface area contributed by atoms with Crippen molar-refractivity contribution in [2.24, 2.45) is 5.41 Å². The molecule has 0 aliphatic heterocycles. The van der Waals surface area contributed by atoms with E-state index in [9.17, 15) is 0 Å². The zero-order valence-electron chi connectivity index (χ0n) is 16.8. The third-order valence-electron chi connectivity index (χ3n) is 5.06. The minimum absolute atomic E-state index is 0. The summed E-state index contributed by atoms with van der Waals surface area (Å²) in [5, 5.41) is 2.77. The van der Waals surface area contributed by atoms with Gasteiger partial charge in [-0.3, -0.25) is 6.08 Å². The zero-order valence-corrected chi connectivity index (χ0v) is 23.6. The minimum atomic E-state index is 0. The van der Waals surface area contributed by atoms with Gasteiger partial charge in [0.05, 0.1) is 0 Å². The normalized spacial score (nSPS) is 14.5. The van der Waals surface area contributed by atoms with Crippen LogP contribution in [0.5, 0.6) is 0 Å². The van der Waals surface area contributed by atoms with Crippen molar-refractivity contribution in [1.29, 1.82) is 0 Å². The molecule has 0 heterocycles. The Morgan fingerprint density at radius 2 is 1.65 bits per heavy atom. The Morgan fingerprint density at radius 1 is 1.04 bits per heavy atom. The van der Waals surface area contributed by atoms with E-state index >= 15 is 0 Å². The first kappa shape index (κ1) is 28.9. The van der Waals surface area contributed by atoms with Gasteiger partial charge in [-0.05, 0) is 6.42 Å². The third-order valence-corrected chi connectivity index (χ3v) is 5.06. The van der Waals surface area contributed by atoms with Crippen LogP contribution in [0.15, 0.2) is 53.1 Å². The fraction of sp³-hybridized carbons (Fsp3) is 0.435. The maximum atomic E-state index is 3.44. The summed E-state index contributed by atoms with van der Waals surface area (Å²) in [6.07, 6.45) is 7.24. The van der Waals surface area contributed by atoms with E-state index in [1.54, 1.807) is 0 Å². The summed E-state index contributed by atoms with van der Waals surface area (Å²) >= 11 is 0. The Morgan fingerprint density at radius 3 is 2.08 bits per heavy atom. The molecule has 0 saturated carbocycles. The molecule has 3 rings (SSSR count). The quantitative estimate of drug-likeness (QED) is 0.344. The average molecular weight is 652 g/mol. The van der Waals surface area contributed by atoms with Gasteiger partial charge in [0.2, 0.25) is 0 Å². The van der Waals surface area contributed by atoms with Crippen LogP contribution in [0.3, 0.4) is 0 Å². The van der Waals surface area contributed by atoms with E-state index in [4.69, 9.17) is 0 Å². The Bertz CT molecular complexity index is 703. The number of hydrogen-bond donors (Lipinski definition) is 0. The van der Waals surface area contributed by atoms with Crippen LogP contribution in [0.2, 0.25) is 0 Å². The number of rotatable bonds is 3. The molecule has 3 heteroatoms. The van der Waals surface area contributed by atoms with Crippen LogP contribution in [-0.4, -0.2) is 0 Å². The molecule has 0 radical (unpaired) electrons. The average Bonchev–Trinajstić information content (AvgIpc) is 3.00. The molecule has 140 valence electrons. The molecule has 0 nitrogen and oxygen atoms in total. The van der Waals surface area contributed by atoms with Crippen molar-refractivity contribution in [3.63, 3.8) is 0 Å². The summed E-state index contributed by atoms with van der Waals surface area (Å²) in [7, 11) is 0. The van der Waals surface area contributed by atoms with Crippen molar-refractivity contribution in [3.8, 4) is 0 Å². The van der Waals surface area contributed by atoms with E-state index in [2.05, 4.69) is 84.0 Å². The maximum absolute atomic E-state index is 3.44. The van der Waals surface area contributed by atoms with E-state index in [-0.39, 0.29) is 79.6 Å². The van der Waals surface area contributed by atoms with Gasteiger partial charge in [0, 0.05) is 0 Å². The minimum Gasteiger partial charge on any atom is -1.00 e. The Kier molecular flexibility index (Phi) is 14.4. The van der Waals surface area contributed by atoms with Gasteiger partial charge in [-0.1, -0.05) is 58.9 Å². The molecule has 0 fully saturated rings. The molecule has 0 bridgehead atoms. The summed E-state index contributed by atoms with van der Waals surface area (Å²) in [4.78, 5) is 0. The second-order valence-corrected chi connectivity index (χ2v) is 7.22. The van der Waals surface area contributed by atoms with E-state index in [0.717, 1.165) is 0 Å². The van der Waals surface area contributed by atoms with Crippen molar-refractivity contribution in [1.82, 2.24) is 0 Å². The predicted molar refractivity (Wildman–Crippen MR) is 103 cm³/mol. The predicted octanol–water partition coefficient (Wildman–Crippen LogP) is 1.02. The summed E-state index contributed by atoms with van der Waals surface area (Å²) in [6, 6.07) is 13.2. The van der Waals surface area contributed by atoms with Gasteiger partial charge in [-0.15, -0.1) is 47.5 Å². The van der Waals surface area contributed by atoms with Gasteiger partial charge in [-0.25, -0.2) is 5.57 Å². The van der Waals surface area contributed by atoms with Crippen LogP contribution in [0.1, 0.15) is 59.9 Å². The number of allylic oxidation sites excluding steroid dienone is 4. The van der Waals surface area contributed by atoms with E-state index in [1.807, 2.05) is 0 Å². The van der Waals surface area contributed by atoms with Gasteiger partial charge >= 0.3 is 26.2 Å². The molecular weight excluding hydrogens is 621 g/mol. The second kappa shape index (κ2) is 13.0. The zero-order chi connectivity index (χ0) is 17.0. The molecule has 0 saturated heterocycles. The Labute approximate surface area is 213 Å². The molecule has 26 heavy (non-hydrogen) atoms. The van der Waals surface area contributed by atoms with Crippen molar-refractivity contribution < 1.29 is 74.2 Å². The molecule has 0 amide bonds. The standard InChI is InChI=1S/C13H15.C10H15.2HI.Zr/c1-2-3-6-11-9-12-7-4-5-8-13(12)10-11;1-7-6-10(4,5)9(3)8(7)2;;;/h4-5,7-10H,2-3,6H2,1H3;1-5H3;2*1H;/q2*-1;;;+4/p-2. The molecule has 1 aliphatic rings. The number of unbranched alkanes of at least 4 members (excludes halogenated alkanes) is 1. The van der Waals surface area contributed by atoms with Gasteiger partial charge in [0.25, 0.3) is 0 Å². The molecule has 1 aliphatic carbocycles. The van der Waals surface area contributed by atoms with Crippen molar-refractivity contribution in [2.75, 3.05) is 0 Å². The fourth-order valence-electron chi connectivity index (χ4n) is 3.15. The number of halogens is 2. The summed E-state index contributed by atoms with van der Waals surface area (Å²) in [5.41, 5.74) is 5.88. The van der Waals surface area contributed by atoms with Crippen LogP contribution >= 0.6 is 0 Å². The van der Waals surface area contributed by atoms with E-state index in [0.29, 0.717) is 0 Å². The first-order valence-corrected chi connectivity index (χ1v) is 8.79. The molecule has 2 aromatic rings. The summed E-state index contributed by atoms with van der Waals surface area (Å²) in [6.45, 7) is 13.2. The van der Waals surface area contributed by atoms with Crippen LogP contribution < -0.4 is 48.0 Å². The monoisotopic (exact) mass is 650 g/mol. The van der Waals surface area contributed by atoms with Crippen molar-refractivity contribution in [2.45, 2.75) is 60.8 Å². The number of benzene rings is 1. The van der Waals surface area contributed by atoms with Crippen molar-refractivity contribution in [3.05, 3.63) is 64.8 Å². The second-order valence-electron chi connectivity index (χ2n) is 7.22. The molecule has 0 aromatic heterocycles. The molecule has 0 spiro atoms. The van der Waals surface area contributed by atoms with E-state index in [1.165, 1.54) is 52.3 Å². The number of fused-ring (bicyclic) bond motifs is 1. The van der Waals surface area contributed by atoms with Gasteiger partial charge in [0.15, 0.2) is 0 Å². The Hall–Kier alpha value is 0.653. The van der Waals surface area contributed by atoms with Crippen LogP contribution in [0.4, 0.5) is 0 Å². The Balaban J connectivity index is 0. The first-order chi connectivity index (χ1) is 10.8. The number of aryl methyl sites for hydroxylation is 1. The van der Waals surface area contributed by atoms with Gasteiger partial charge in [0.1, 0.15) is 0 Å². The summed E-state index contributed by atoms with van der Waals surface area (Å²) in [5.74, 6) is 0. The molecular formula is C23H30I2Zr. The topological polar surface area (TPSA) is 0 Å². The molecule has 0 N–H and O–H groups in total. The molecule has 2 aromatic carbocycles. The SMILES string of the molecule is CC1=[C-]C(C)(C)C(C)=C1C.CCCCc1cc2ccccc2[cH-]1.[I-].[I-].[Zr+4]. The number of hydrogen-bond acceptors (Lipinski definition) is 0. The van der Waals surface area contributed by atoms with Crippen LogP contribution in [0.25, 0.3) is 10.8 Å². The fourth-order valence-corrected chi connectivity index (χ4v) is 3.15. The summed E-state index contributed by atoms with van der Waals surface area (Å²) < 4.78 is 0. The van der Waals surface area contributed by atoms with Gasteiger partial charge in [-0.2, -0.15) is 17.2 Å². The third kappa shape index (κ3) is 7.58. The van der Waals surface area contributed by atoms with Gasteiger partial charge < -0.3 is 48.0 Å². The maximum Gasteiger partial charge on any atom is 4.00 e. The largest absolute Gasteiger partial charge is 4.00 e.